The maximum atomic E-state index is 5.38. The van der Waals surface area contributed by atoms with E-state index in [-0.39, 0.29) is 0 Å². The Labute approximate surface area is 103 Å². The molecular weight excluding hydrogens is 212 g/mol. The first-order valence-electron chi connectivity index (χ1n) is 5.99. The normalized spacial score (nSPS) is 15.8. The molecule has 0 N–H and O–H groups in total. The summed E-state index contributed by atoms with van der Waals surface area (Å²) in [7, 11) is 4.12. The van der Waals surface area contributed by atoms with Gasteiger partial charge >= 0.3 is 0 Å². The lowest BCUT2D eigenvalue weighted by atomic mass is 10.1. The van der Waals surface area contributed by atoms with Gasteiger partial charge < -0.3 is 14.5 Å². The molecule has 1 saturated heterocycles. The lowest BCUT2D eigenvalue weighted by molar-refractivity contribution is 0.122. The number of benzene rings is 1. The third-order valence-corrected chi connectivity index (χ3v) is 3.09. The Morgan fingerprint density at radius 2 is 2.00 bits per heavy atom. The van der Waals surface area contributed by atoms with Crippen molar-refractivity contribution < 1.29 is 4.74 Å². The van der Waals surface area contributed by atoms with Gasteiger partial charge in [0.2, 0.25) is 0 Å². The highest BCUT2D eigenvalue weighted by Gasteiger charge is 2.12. The molecule has 1 fully saturated rings. The van der Waals surface area contributed by atoms with Crippen LogP contribution < -0.4 is 9.80 Å². The quantitative estimate of drug-likeness (QED) is 0.795. The highest BCUT2D eigenvalue weighted by atomic mass is 16.5. The molecule has 0 spiro atoms. The van der Waals surface area contributed by atoms with Gasteiger partial charge in [0.15, 0.2) is 0 Å². The van der Waals surface area contributed by atoms with Gasteiger partial charge in [0.25, 0.3) is 0 Å². The minimum atomic E-state index is 0.820. The lowest BCUT2D eigenvalue weighted by Gasteiger charge is -2.30. The van der Waals surface area contributed by atoms with E-state index >= 15 is 0 Å². The van der Waals surface area contributed by atoms with Gasteiger partial charge in [-0.2, -0.15) is 0 Å². The first-order valence-corrected chi connectivity index (χ1v) is 5.99. The van der Waals surface area contributed by atoms with Crippen molar-refractivity contribution in [3.05, 3.63) is 30.3 Å². The zero-order valence-electron chi connectivity index (χ0n) is 10.6. The molecule has 0 aliphatic carbocycles. The van der Waals surface area contributed by atoms with E-state index in [4.69, 9.17) is 4.74 Å². The molecule has 0 radical (unpaired) electrons. The summed E-state index contributed by atoms with van der Waals surface area (Å²) in [6.45, 7) is 7.44. The number of nitrogens with zero attached hydrogens (tertiary/aromatic N) is 2. The summed E-state index contributed by atoms with van der Waals surface area (Å²) in [6, 6.07) is 6.52. The van der Waals surface area contributed by atoms with Gasteiger partial charge in [0, 0.05) is 38.6 Å². The van der Waals surface area contributed by atoms with Crippen LogP contribution in [0.3, 0.4) is 0 Å². The molecule has 3 nitrogen and oxygen atoms in total. The zero-order chi connectivity index (χ0) is 12.3. The Bertz CT molecular complexity index is 395. The van der Waals surface area contributed by atoms with Crippen LogP contribution in [0.15, 0.2) is 24.8 Å². The molecule has 0 saturated carbocycles. The fraction of sp³-hybridized carbons (Fsp3) is 0.429. The first-order chi connectivity index (χ1) is 8.22. The Kier molecular flexibility index (Phi) is 3.69. The largest absolute Gasteiger partial charge is 0.378 e. The van der Waals surface area contributed by atoms with Crippen molar-refractivity contribution in [2.45, 2.75) is 0 Å². The van der Waals surface area contributed by atoms with Crippen molar-refractivity contribution in [1.29, 1.82) is 0 Å². The molecule has 1 heterocycles. The Morgan fingerprint density at radius 1 is 1.29 bits per heavy atom. The van der Waals surface area contributed by atoms with Crippen LogP contribution in [0.4, 0.5) is 11.4 Å². The van der Waals surface area contributed by atoms with Crippen LogP contribution >= 0.6 is 0 Å². The predicted molar refractivity (Wildman–Crippen MR) is 73.9 cm³/mol. The molecule has 1 aliphatic rings. The standard InChI is InChI=1S/C14H20N2O/c1-4-12-5-6-13(11-14(12)15(2)3)16-7-9-17-10-8-16/h4-6,11H,1,7-10H2,2-3H3. The number of morpholine rings is 1. The van der Waals surface area contributed by atoms with E-state index in [1.165, 1.54) is 16.9 Å². The molecule has 17 heavy (non-hydrogen) atoms. The molecule has 3 heteroatoms. The molecule has 0 aromatic heterocycles. The van der Waals surface area contributed by atoms with Crippen molar-refractivity contribution in [3.8, 4) is 0 Å². The van der Waals surface area contributed by atoms with Crippen LogP contribution in [0.5, 0.6) is 0 Å². The fourth-order valence-corrected chi connectivity index (χ4v) is 2.11. The molecule has 0 bridgehead atoms. The van der Waals surface area contributed by atoms with Crippen molar-refractivity contribution >= 4 is 17.5 Å². The van der Waals surface area contributed by atoms with Crippen molar-refractivity contribution in [2.75, 3.05) is 50.2 Å². The van der Waals surface area contributed by atoms with Crippen LogP contribution in [-0.2, 0) is 4.74 Å². The van der Waals surface area contributed by atoms with Crippen molar-refractivity contribution in [3.63, 3.8) is 0 Å². The van der Waals surface area contributed by atoms with Crippen molar-refractivity contribution in [1.82, 2.24) is 0 Å². The molecule has 0 amide bonds. The van der Waals surface area contributed by atoms with E-state index in [0.717, 1.165) is 26.3 Å². The number of anilines is 2. The fourth-order valence-electron chi connectivity index (χ4n) is 2.11. The third-order valence-electron chi connectivity index (χ3n) is 3.09. The molecule has 1 aromatic carbocycles. The van der Waals surface area contributed by atoms with Crippen LogP contribution in [0.2, 0.25) is 0 Å². The second kappa shape index (κ2) is 5.23. The third kappa shape index (κ3) is 2.61. The summed E-state index contributed by atoms with van der Waals surface area (Å²) in [5.74, 6) is 0. The van der Waals surface area contributed by atoms with Gasteiger partial charge in [0.1, 0.15) is 0 Å². The van der Waals surface area contributed by atoms with E-state index in [2.05, 4.69) is 48.7 Å². The number of ether oxygens (including phenoxy) is 1. The number of hydrogen-bond acceptors (Lipinski definition) is 3. The van der Waals surface area contributed by atoms with Gasteiger partial charge in [0.05, 0.1) is 13.2 Å². The van der Waals surface area contributed by atoms with Crippen LogP contribution in [-0.4, -0.2) is 40.4 Å². The summed E-state index contributed by atoms with van der Waals surface area (Å²) in [6.07, 6.45) is 1.90. The average Bonchev–Trinajstić information content (AvgIpc) is 2.39. The van der Waals surface area contributed by atoms with Gasteiger partial charge in [-0.25, -0.2) is 0 Å². The van der Waals surface area contributed by atoms with E-state index in [0.29, 0.717) is 0 Å². The van der Waals surface area contributed by atoms with E-state index in [1.807, 2.05) is 6.08 Å². The van der Waals surface area contributed by atoms with Crippen LogP contribution in [0.1, 0.15) is 5.56 Å². The Balaban J connectivity index is 2.29. The number of hydrogen-bond donors (Lipinski definition) is 0. The summed E-state index contributed by atoms with van der Waals surface area (Å²) < 4.78 is 5.38. The van der Waals surface area contributed by atoms with Crippen molar-refractivity contribution in [2.24, 2.45) is 0 Å². The minimum absolute atomic E-state index is 0.820. The number of rotatable bonds is 3. The van der Waals surface area contributed by atoms with Gasteiger partial charge in [-0.05, 0) is 17.7 Å². The molecule has 0 unspecified atom stereocenters. The van der Waals surface area contributed by atoms with E-state index < -0.39 is 0 Å². The topological polar surface area (TPSA) is 15.7 Å². The summed E-state index contributed by atoms with van der Waals surface area (Å²) in [5.41, 5.74) is 3.65. The van der Waals surface area contributed by atoms with Crippen LogP contribution in [0.25, 0.3) is 6.08 Å². The smallest absolute Gasteiger partial charge is 0.0642 e. The van der Waals surface area contributed by atoms with Gasteiger partial charge in [-0.3, -0.25) is 0 Å². The highest BCUT2D eigenvalue weighted by molar-refractivity contribution is 5.71. The monoisotopic (exact) mass is 232 g/mol. The highest BCUT2D eigenvalue weighted by Crippen LogP contribution is 2.27. The molecular formula is C14H20N2O. The SMILES string of the molecule is C=Cc1ccc(N2CCOCC2)cc1N(C)C. The Morgan fingerprint density at radius 3 is 2.59 bits per heavy atom. The summed E-state index contributed by atoms with van der Waals surface area (Å²) in [4.78, 5) is 4.49. The minimum Gasteiger partial charge on any atom is -0.378 e. The molecule has 2 rings (SSSR count). The predicted octanol–water partition coefficient (Wildman–Crippen LogP) is 2.23. The van der Waals surface area contributed by atoms with E-state index in [9.17, 15) is 0 Å². The Hall–Kier alpha value is -1.48. The first kappa shape index (κ1) is 12.0. The molecule has 0 atom stereocenters. The van der Waals surface area contributed by atoms with E-state index in [1.54, 1.807) is 0 Å². The maximum Gasteiger partial charge on any atom is 0.0642 e. The van der Waals surface area contributed by atoms with Crippen LogP contribution in [0, 0.1) is 0 Å². The molecule has 1 aromatic rings. The molecule has 92 valence electrons. The van der Waals surface area contributed by atoms with Gasteiger partial charge in [-0.1, -0.05) is 18.7 Å². The molecule has 1 aliphatic heterocycles. The summed E-state index contributed by atoms with van der Waals surface area (Å²) >= 11 is 0. The second-order valence-electron chi connectivity index (χ2n) is 4.44. The zero-order valence-corrected chi connectivity index (χ0v) is 10.6. The summed E-state index contributed by atoms with van der Waals surface area (Å²) in [5, 5.41) is 0. The lowest BCUT2D eigenvalue weighted by Crippen LogP contribution is -2.36. The average molecular weight is 232 g/mol. The van der Waals surface area contributed by atoms with Gasteiger partial charge in [-0.15, -0.1) is 0 Å². The second-order valence-corrected chi connectivity index (χ2v) is 4.44. The maximum absolute atomic E-state index is 5.38.